The van der Waals surface area contributed by atoms with Crippen molar-refractivity contribution in [3.05, 3.63) is 11.6 Å². The van der Waals surface area contributed by atoms with Crippen molar-refractivity contribution in [2.45, 2.75) is 78.1 Å². The molecule has 1 saturated carbocycles. The minimum atomic E-state index is -0.331. The average molecular weight is 292 g/mol. The summed E-state index contributed by atoms with van der Waals surface area (Å²) >= 11 is 0. The largest absolute Gasteiger partial charge is 0.353 e. The zero-order valence-electron chi connectivity index (χ0n) is 13.6. The van der Waals surface area contributed by atoms with Crippen molar-refractivity contribution >= 4 is 5.78 Å². The van der Waals surface area contributed by atoms with Crippen molar-refractivity contribution in [3.63, 3.8) is 0 Å². The molecule has 0 aromatic carbocycles. The summed E-state index contributed by atoms with van der Waals surface area (Å²) in [6.45, 7) is 7.27. The van der Waals surface area contributed by atoms with E-state index >= 15 is 0 Å². The van der Waals surface area contributed by atoms with Gasteiger partial charge < -0.3 is 9.47 Å². The summed E-state index contributed by atoms with van der Waals surface area (Å²) < 4.78 is 12.1. The summed E-state index contributed by atoms with van der Waals surface area (Å²) in [6, 6.07) is 0. The maximum atomic E-state index is 12.3. The standard InChI is InChI=1S/C18H28O3/c1-17(2)13-7-6-8-15(18(13,3)11-10-14(17)19)21-16-9-4-5-12-20-16/h7,15-16H,4-6,8-12H2,1-3H3/t15-,16?,18-/m1/s1. The molecular formula is C18H28O3. The fraction of sp³-hybridized carbons (Fsp3) is 0.833. The van der Waals surface area contributed by atoms with Gasteiger partial charge in [-0.15, -0.1) is 0 Å². The van der Waals surface area contributed by atoms with E-state index in [1.54, 1.807) is 0 Å². The third kappa shape index (κ3) is 2.59. The highest BCUT2D eigenvalue weighted by Crippen LogP contribution is 2.54. The number of hydrogen-bond acceptors (Lipinski definition) is 3. The van der Waals surface area contributed by atoms with Gasteiger partial charge in [-0.25, -0.2) is 0 Å². The first kappa shape index (κ1) is 15.2. The van der Waals surface area contributed by atoms with Gasteiger partial charge in [-0.05, 0) is 52.4 Å². The minimum Gasteiger partial charge on any atom is -0.353 e. The van der Waals surface area contributed by atoms with Crippen molar-refractivity contribution in [1.82, 2.24) is 0 Å². The molecule has 3 aliphatic rings. The van der Waals surface area contributed by atoms with Crippen LogP contribution in [0.5, 0.6) is 0 Å². The van der Waals surface area contributed by atoms with Gasteiger partial charge >= 0.3 is 0 Å². The normalized spacial score (nSPS) is 39.6. The van der Waals surface area contributed by atoms with Crippen LogP contribution in [-0.4, -0.2) is 24.8 Å². The molecule has 1 aliphatic heterocycles. The van der Waals surface area contributed by atoms with Gasteiger partial charge in [-0.2, -0.15) is 0 Å². The molecule has 0 radical (unpaired) electrons. The van der Waals surface area contributed by atoms with E-state index in [1.807, 2.05) is 0 Å². The number of hydrogen-bond donors (Lipinski definition) is 0. The maximum absolute atomic E-state index is 12.3. The molecule has 0 spiro atoms. The molecule has 2 aliphatic carbocycles. The number of fused-ring (bicyclic) bond motifs is 1. The van der Waals surface area contributed by atoms with Gasteiger partial charge in [-0.1, -0.05) is 18.6 Å². The summed E-state index contributed by atoms with van der Waals surface area (Å²) in [6.07, 6.45) is 9.45. The predicted octanol–water partition coefficient (Wildman–Crippen LogP) is 4.01. The van der Waals surface area contributed by atoms with Gasteiger partial charge in [0, 0.05) is 23.9 Å². The number of ketones is 1. The molecule has 3 nitrogen and oxygen atoms in total. The molecule has 21 heavy (non-hydrogen) atoms. The van der Waals surface area contributed by atoms with Crippen LogP contribution < -0.4 is 0 Å². The fourth-order valence-electron chi connectivity index (χ4n) is 4.42. The summed E-state index contributed by atoms with van der Waals surface area (Å²) in [5.74, 6) is 0.376. The molecule has 1 unspecified atom stereocenters. The zero-order chi connectivity index (χ0) is 15.1. The first-order valence-electron chi connectivity index (χ1n) is 8.46. The van der Waals surface area contributed by atoms with Gasteiger partial charge in [0.05, 0.1) is 6.10 Å². The second-order valence-electron chi connectivity index (χ2n) is 7.58. The average Bonchev–Trinajstić information content (AvgIpc) is 2.47. The summed E-state index contributed by atoms with van der Waals surface area (Å²) in [7, 11) is 0. The number of allylic oxidation sites excluding steroid dienone is 1. The molecule has 1 heterocycles. The topological polar surface area (TPSA) is 35.5 Å². The van der Waals surface area contributed by atoms with Gasteiger partial charge in [0.25, 0.3) is 0 Å². The van der Waals surface area contributed by atoms with E-state index in [9.17, 15) is 4.79 Å². The SMILES string of the molecule is CC1(C)C(=O)CC[C@]2(C)C1=CCC[C@H]2OC1CCCCO1. The van der Waals surface area contributed by atoms with Crippen molar-refractivity contribution in [2.75, 3.05) is 6.61 Å². The van der Waals surface area contributed by atoms with Crippen LogP contribution >= 0.6 is 0 Å². The Morgan fingerprint density at radius 1 is 1.24 bits per heavy atom. The van der Waals surface area contributed by atoms with Crippen molar-refractivity contribution in [2.24, 2.45) is 10.8 Å². The van der Waals surface area contributed by atoms with E-state index in [0.29, 0.717) is 12.2 Å². The van der Waals surface area contributed by atoms with Crippen LogP contribution in [-0.2, 0) is 14.3 Å². The van der Waals surface area contributed by atoms with Crippen LogP contribution in [0.1, 0.15) is 65.7 Å². The lowest BCUT2D eigenvalue weighted by Crippen LogP contribution is -2.50. The summed E-state index contributed by atoms with van der Waals surface area (Å²) in [4.78, 5) is 12.3. The molecule has 0 bridgehead atoms. The molecule has 0 aromatic heterocycles. The van der Waals surface area contributed by atoms with Crippen LogP contribution in [0, 0.1) is 10.8 Å². The van der Waals surface area contributed by atoms with E-state index in [-0.39, 0.29) is 23.2 Å². The Labute approximate surface area is 128 Å². The molecule has 3 rings (SSSR count). The molecule has 1 saturated heterocycles. The van der Waals surface area contributed by atoms with E-state index in [4.69, 9.17) is 9.47 Å². The van der Waals surface area contributed by atoms with Gasteiger partial charge in [-0.3, -0.25) is 4.79 Å². The molecule has 3 atom stereocenters. The predicted molar refractivity (Wildman–Crippen MR) is 81.9 cm³/mol. The van der Waals surface area contributed by atoms with Crippen LogP contribution in [0.2, 0.25) is 0 Å². The third-order valence-electron chi connectivity index (χ3n) is 5.80. The van der Waals surface area contributed by atoms with Crippen molar-refractivity contribution in [1.29, 1.82) is 0 Å². The molecule has 3 heteroatoms. The minimum absolute atomic E-state index is 0.00350. The number of rotatable bonds is 2. The van der Waals surface area contributed by atoms with Gasteiger partial charge in [0.15, 0.2) is 6.29 Å². The van der Waals surface area contributed by atoms with Crippen LogP contribution in [0.4, 0.5) is 0 Å². The Hall–Kier alpha value is -0.670. The highest BCUT2D eigenvalue weighted by atomic mass is 16.7. The molecule has 0 N–H and O–H groups in total. The second kappa shape index (κ2) is 5.51. The quantitative estimate of drug-likeness (QED) is 0.721. The van der Waals surface area contributed by atoms with Crippen molar-refractivity contribution in [3.8, 4) is 0 Å². The van der Waals surface area contributed by atoms with Gasteiger partial charge in [0.1, 0.15) is 5.78 Å². The second-order valence-corrected chi connectivity index (χ2v) is 7.58. The number of carbonyl (C=O) groups is 1. The lowest BCUT2D eigenvalue weighted by Gasteiger charge is -2.51. The van der Waals surface area contributed by atoms with Crippen LogP contribution in [0.15, 0.2) is 11.6 Å². The molecule has 0 aromatic rings. The van der Waals surface area contributed by atoms with E-state index < -0.39 is 0 Å². The van der Waals surface area contributed by atoms with Gasteiger partial charge in [0.2, 0.25) is 0 Å². The molecule has 0 amide bonds. The Morgan fingerprint density at radius 2 is 2.05 bits per heavy atom. The Kier molecular flexibility index (Phi) is 4.00. The highest BCUT2D eigenvalue weighted by Gasteiger charge is 2.52. The number of carbonyl (C=O) groups excluding carboxylic acids is 1. The molecular weight excluding hydrogens is 264 g/mol. The van der Waals surface area contributed by atoms with Crippen LogP contribution in [0.25, 0.3) is 0 Å². The smallest absolute Gasteiger partial charge is 0.157 e. The Morgan fingerprint density at radius 3 is 2.76 bits per heavy atom. The zero-order valence-corrected chi connectivity index (χ0v) is 13.6. The first-order chi connectivity index (χ1) is 9.94. The Bertz CT molecular complexity index is 445. The fourth-order valence-corrected chi connectivity index (χ4v) is 4.42. The molecule has 118 valence electrons. The van der Waals surface area contributed by atoms with Crippen LogP contribution in [0.3, 0.4) is 0 Å². The lowest BCUT2D eigenvalue weighted by molar-refractivity contribution is -0.212. The lowest BCUT2D eigenvalue weighted by atomic mass is 9.55. The third-order valence-corrected chi connectivity index (χ3v) is 5.80. The van der Waals surface area contributed by atoms with E-state index in [2.05, 4.69) is 26.8 Å². The molecule has 2 fully saturated rings. The summed E-state index contributed by atoms with van der Waals surface area (Å²) in [5.41, 5.74) is 0.970. The number of ether oxygens (including phenoxy) is 2. The first-order valence-corrected chi connectivity index (χ1v) is 8.46. The Balaban J connectivity index is 1.81. The maximum Gasteiger partial charge on any atom is 0.157 e. The van der Waals surface area contributed by atoms with Crippen molar-refractivity contribution < 1.29 is 14.3 Å². The monoisotopic (exact) mass is 292 g/mol. The van der Waals surface area contributed by atoms with E-state index in [0.717, 1.165) is 38.7 Å². The van der Waals surface area contributed by atoms with E-state index in [1.165, 1.54) is 12.0 Å². The number of Topliss-reactive ketones (excluding diaryl/α,β-unsaturated/α-hetero) is 1. The highest BCUT2D eigenvalue weighted by molar-refractivity contribution is 5.89. The summed E-state index contributed by atoms with van der Waals surface area (Å²) in [5, 5.41) is 0.